The van der Waals surface area contributed by atoms with Gasteiger partial charge in [0, 0.05) is 10.5 Å². The minimum atomic E-state index is -1.42. The number of nitrogens with zero attached hydrogens (tertiary/aromatic N) is 1. The Balaban J connectivity index is 3.45. The molecule has 0 aliphatic heterocycles. The third kappa shape index (κ3) is 2.27. The van der Waals surface area contributed by atoms with Crippen LogP contribution in [0.3, 0.4) is 0 Å². The first-order valence-electron chi connectivity index (χ1n) is 4.17. The van der Waals surface area contributed by atoms with E-state index in [-0.39, 0.29) is 16.1 Å². The van der Waals surface area contributed by atoms with Gasteiger partial charge in [0.05, 0.1) is 10.6 Å². The zero-order chi connectivity index (χ0) is 12.5. The fourth-order valence-corrected chi connectivity index (χ4v) is 1.58. The van der Waals surface area contributed by atoms with Crippen molar-refractivity contribution >= 4 is 17.6 Å². The third-order valence-electron chi connectivity index (χ3n) is 2.10. The maximum Gasteiger partial charge on any atom is 0.337 e. The summed E-state index contributed by atoms with van der Waals surface area (Å²) >= 11 is 5.67. The van der Waals surface area contributed by atoms with Crippen molar-refractivity contribution in [3.05, 3.63) is 43.7 Å². The predicted molar refractivity (Wildman–Crippen MR) is 53.8 cm³/mol. The van der Waals surface area contributed by atoms with E-state index in [4.69, 9.17) is 16.7 Å². The molecule has 5 nitrogen and oxygen atoms in total. The molecule has 0 aliphatic rings. The molecule has 0 unspecified atom stereocenters. The zero-order valence-corrected chi connectivity index (χ0v) is 8.92. The zero-order valence-electron chi connectivity index (χ0n) is 8.16. The smallest absolute Gasteiger partial charge is 0.337 e. The number of carboxylic acids is 1. The molecular formula is C9H7ClFNO4. The number of rotatable bonds is 3. The second kappa shape index (κ2) is 4.44. The molecular weight excluding hydrogens is 241 g/mol. The Bertz CT molecular complexity index is 475. The first kappa shape index (κ1) is 12.4. The molecule has 1 aromatic rings. The molecule has 0 aromatic heterocycles. The van der Waals surface area contributed by atoms with Gasteiger partial charge < -0.3 is 5.11 Å². The van der Waals surface area contributed by atoms with Crippen molar-refractivity contribution in [2.75, 3.05) is 0 Å². The molecule has 0 heterocycles. The summed E-state index contributed by atoms with van der Waals surface area (Å²) in [6.45, 7) is 0.606. The second-order valence-electron chi connectivity index (χ2n) is 3.12. The Labute approximate surface area is 94.6 Å². The van der Waals surface area contributed by atoms with Gasteiger partial charge in [-0.25, -0.2) is 9.18 Å². The predicted octanol–water partition coefficient (Wildman–Crippen LogP) is 2.26. The minimum absolute atomic E-state index is 0.00769. The largest absolute Gasteiger partial charge is 0.478 e. The molecule has 1 N–H and O–H groups in total. The van der Waals surface area contributed by atoms with Gasteiger partial charge in [-0.05, 0) is 18.6 Å². The Morgan fingerprint density at radius 3 is 2.69 bits per heavy atom. The molecule has 0 bridgehead atoms. The number of aromatic carboxylic acids is 1. The highest BCUT2D eigenvalue weighted by Gasteiger charge is 2.21. The topological polar surface area (TPSA) is 80.4 Å². The maximum absolute atomic E-state index is 13.3. The fraction of sp³-hybridized carbons (Fsp3) is 0.222. The van der Waals surface area contributed by atoms with Crippen LogP contribution in [0.4, 0.5) is 4.39 Å². The standard InChI is InChI=1S/C9H7ClFNO4/c1-4-6(3-12(15)16)8(10)5(9(13)14)2-7(4)11/h2H,3H2,1H3,(H,13,14). The Morgan fingerprint density at radius 2 is 2.25 bits per heavy atom. The second-order valence-corrected chi connectivity index (χ2v) is 3.50. The summed E-state index contributed by atoms with van der Waals surface area (Å²) in [7, 11) is 0. The van der Waals surface area contributed by atoms with Gasteiger partial charge in [-0.15, -0.1) is 0 Å². The number of hydrogen-bond donors (Lipinski definition) is 1. The summed E-state index contributed by atoms with van der Waals surface area (Å²) in [6.07, 6.45) is 0. The average molecular weight is 248 g/mol. The van der Waals surface area contributed by atoms with Gasteiger partial charge in [0.25, 0.3) is 0 Å². The van der Waals surface area contributed by atoms with Crippen molar-refractivity contribution in [3.63, 3.8) is 0 Å². The van der Waals surface area contributed by atoms with Crippen molar-refractivity contribution in [1.29, 1.82) is 0 Å². The van der Waals surface area contributed by atoms with Crippen LogP contribution in [-0.2, 0) is 6.54 Å². The molecule has 1 aromatic carbocycles. The first-order valence-corrected chi connectivity index (χ1v) is 4.55. The highest BCUT2D eigenvalue weighted by molar-refractivity contribution is 6.34. The van der Waals surface area contributed by atoms with Gasteiger partial charge in [-0.2, -0.15) is 0 Å². The van der Waals surface area contributed by atoms with E-state index in [0.717, 1.165) is 6.07 Å². The van der Waals surface area contributed by atoms with E-state index in [1.54, 1.807) is 0 Å². The highest BCUT2D eigenvalue weighted by Crippen LogP contribution is 2.27. The van der Waals surface area contributed by atoms with E-state index in [2.05, 4.69) is 0 Å². The van der Waals surface area contributed by atoms with Crippen LogP contribution in [0.25, 0.3) is 0 Å². The lowest BCUT2D eigenvalue weighted by molar-refractivity contribution is -0.496. The lowest BCUT2D eigenvalue weighted by Gasteiger charge is -2.08. The lowest BCUT2D eigenvalue weighted by Crippen LogP contribution is -2.08. The van der Waals surface area contributed by atoms with Gasteiger partial charge in [-0.1, -0.05) is 11.6 Å². The Kier molecular flexibility index (Phi) is 3.44. The molecule has 0 radical (unpaired) electrons. The molecule has 0 amide bonds. The third-order valence-corrected chi connectivity index (χ3v) is 2.53. The summed E-state index contributed by atoms with van der Waals surface area (Å²) in [4.78, 5) is 20.3. The van der Waals surface area contributed by atoms with Crippen LogP contribution in [0.5, 0.6) is 0 Å². The number of carbonyl (C=O) groups is 1. The summed E-state index contributed by atoms with van der Waals surface area (Å²) in [5.74, 6) is -2.24. The number of hydrogen-bond acceptors (Lipinski definition) is 3. The molecule has 0 spiro atoms. The molecule has 16 heavy (non-hydrogen) atoms. The quantitative estimate of drug-likeness (QED) is 0.656. The SMILES string of the molecule is Cc1c(F)cc(C(=O)O)c(Cl)c1C[N+](=O)[O-]. The minimum Gasteiger partial charge on any atom is -0.478 e. The van der Waals surface area contributed by atoms with Crippen molar-refractivity contribution in [2.24, 2.45) is 0 Å². The lowest BCUT2D eigenvalue weighted by atomic mass is 10.0. The van der Waals surface area contributed by atoms with Crippen LogP contribution in [0.15, 0.2) is 6.07 Å². The molecule has 0 fully saturated rings. The van der Waals surface area contributed by atoms with Crippen molar-refractivity contribution in [3.8, 4) is 0 Å². The van der Waals surface area contributed by atoms with Gasteiger partial charge >= 0.3 is 5.97 Å². The van der Waals surface area contributed by atoms with E-state index < -0.39 is 28.8 Å². The van der Waals surface area contributed by atoms with Gasteiger partial charge in [-0.3, -0.25) is 10.1 Å². The number of nitro groups is 1. The normalized spacial score (nSPS) is 10.2. The number of halogens is 2. The van der Waals surface area contributed by atoms with Crippen molar-refractivity contribution in [1.82, 2.24) is 0 Å². The Morgan fingerprint density at radius 1 is 1.69 bits per heavy atom. The Hall–Kier alpha value is -1.69. The van der Waals surface area contributed by atoms with Gasteiger partial charge in [0.2, 0.25) is 6.54 Å². The van der Waals surface area contributed by atoms with Crippen LogP contribution in [0.2, 0.25) is 5.02 Å². The molecule has 0 saturated carbocycles. The van der Waals surface area contributed by atoms with E-state index in [1.807, 2.05) is 0 Å². The van der Waals surface area contributed by atoms with E-state index in [1.165, 1.54) is 6.92 Å². The highest BCUT2D eigenvalue weighted by atomic mass is 35.5. The monoisotopic (exact) mass is 247 g/mol. The van der Waals surface area contributed by atoms with Crippen LogP contribution in [0, 0.1) is 22.9 Å². The van der Waals surface area contributed by atoms with Crippen LogP contribution in [-0.4, -0.2) is 16.0 Å². The fourth-order valence-electron chi connectivity index (χ4n) is 1.24. The molecule has 0 aliphatic carbocycles. The van der Waals surface area contributed by atoms with Crippen LogP contribution in [0.1, 0.15) is 21.5 Å². The van der Waals surface area contributed by atoms with Crippen molar-refractivity contribution in [2.45, 2.75) is 13.5 Å². The van der Waals surface area contributed by atoms with Crippen LogP contribution >= 0.6 is 11.6 Å². The maximum atomic E-state index is 13.3. The van der Waals surface area contributed by atoms with Crippen molar-refractivity contribution < 1.29 is 19.2 Å². The molecule has 0 saturated heterocycles. The molecule has 0 atom stereocenters. The number of carboxylic acid groups (broad SMARTS) is 1. The van der Waals surface area contributed by atoms with Crippen LogP contribution < -0.4 is 0 Å². The van der Waals surface area contributed by atoms with E-state index >= 15 is 0 Å². The summed E-state index contributed by atoms with van der Waals surface area (Å²) in [5, 5.41) is 18.8. The first-order chi connectivity index (χ1) is 7.34. The summed E-state index contributed by atoms with van der Waals surface area (Å²) in [6, 6.07) is 0.753. The van der Waals surface area contributed by atoms with Gasteiger partial charge in [0.15, 0.2) is 0 Å². The summed E-state index contributed by atoms with van der Waals surface area (Å²) in [5.41, 5.74) is -0.586. The molecule has 7 heteroatoms. The molecule has 86 valence electrons. The van der Waals surface area contributed by atoms with E-state index in [9.17, 15) is 19.3 Å². The van der Waals surface area contributed by atoms with Gasteiger partial charge in [0.1, 0.15) is 5.82 Å². The van der Waals surface area contributed by atoms with E-state index in [0.29, 0.717) is 0 Å². The summed E-state index contributed by atoms with van der Waals surface area (Å²) < 4.78 is 13.3. The molecule has 1 rings (SSSR count). The average Bonchev–Trinajstić information content (AvgIpc) is 2.17. The number of benzene rings is 1.